The fourth-order valence-electron chi connectivity index (χ4n) is 8.83. The number of fused-ring (bicyclic) bond motifs is 5. The van der Waals surface area contributed by atoms with Gasteiger partial charge in [-0.3, -0.25) is 0 Å². The second kappa shape index (κ2) is 15.1. The molecule has 8 aromatic rings. The Kier molecular flexibility index (Phi) is 9.56. The monoisotopic (exact) mass is 736 g/mol. The van der Waals surface area contributed by atoms with E-state index in [1.165, 1.54) is 66.7 Å². The highest BCUT2D eigenvalue weighted by Gasteiger charge is 2.39. The van der Waals surface area contributed by atoms with Crippen LogP contribution in [-0.4, -0.2) is 0 Å². The number of hydrogen-bond donors (Lipinski definition) is 0. The van der Waals surface area contributed by atoms with Crippen LogP contribution in [0.2, 0.25) is 0 Å². The molecule has 0 fully saturated rings. The van der Waals surface area contributed by atoms with Crippen molar-refractivity contribution in [2.75, 3.05) is 9.80 Å². The molecule has 0 radical (unpaired) electrons. The zero-order valence-corrected chi connectivity index (χ0v) is 33.3. The summed E-state index contributed by atoms with van der Waals surface area (Å²) in [5.74, 6) is 0. The molecule has 0 aliphatic heterocycles. The Hall–Kier alpha value is -6.64. The third-order valence-corrected chi connectivity index (χ3v) is 11.6. The van der Waals surface area contributed by atoms with Crippen molar-refractivity contribution in [1.82, 2.24) is 0 Å². The van der Waals surface area contributed by atoms with E-state index < -0.39 is 0 Å². The van der Waals surface area contributed by atoms with Crippen LogP contribution < -0.4 is 9.80 Å². The molecule has 0 bridgehead atoms. The highest BCUT2D eigenvalue weighted by molar-refractivity contribution is 5.99. The van der Waals surface area contributed by atoms with Crippen LogP contribution in [0.3, 0.4) is 0 Å². The van der Waals surface area contributed by atoms with Crippen LogP contribution >= 0.6 is 0 Å². The lowest BCUT2D eigenvalue weighted by Crippen LogP contribution is -2.18. The van der Waals surface area contributed by atoms with Gasteiger partial charge >= 0.3 is 0 Å². The molecule has 0 atom stereocenters. The first-order valence-electron chi connectivity index (χ1n) is 20.4. The van der Waals surface area contributed by atoms with Crippen molar-refractivity contribution in [2.24, 2.45) is 0 Å². The summed E-state index contributed by atoms with van der Waals surface area (Å²) in [6, 6.07) is 67.0. The molecule has 0 amide bonds. The smallest absolute Gasteiger partial charge is 0.0564 e. The number of nitrogens with zero attached hydrogens (tertiary/aromatic N) is 2. The third-order valence-electron chi connectivity index (χ3n) is 11.6. The molecule has 57 heavy (non-hydrogen) atoms. The summed E-state index contributed by atoms with van der Waals surface area (Å²) in [5, 5.41) is 2.45. The summed E-state index contributed by atoms with van der Waals surface area (Å²) in [7, 11) is 0. The Bertz CT molecular complexity index is 2730. The molecule has 0 aromatic heterocycles. The first-order valence-corrected chi connectivity index (χ1v) is 20.4. The molecule has 2 aliphatic carbocycles. The van der Waals surface area contributed by atoms with Gasteiger partial charge in [0.05, 0.1) is 5.69 Å². The quantitative estimate of drug-likeness (QED) is 0.161. The highest BCUT2D eigenvalue weighted by atomic mass is 15.2. The van der Waals surface area contributed by atoms with Crippen LogP contribution in [0.1, 0.15) is 56.4 Å². The van der Waals surface area contributed by atoms with Gasteiger partial charge in [0.25, 0.3) is 0 Å². The molecule has 2 aliphatic rings. The Balaban J connectivity index is 0.00000208. The number of aryl methyl sites for hydroxylation is 1. The van der Waals surface area contributed by atoms with Gasteiger partial charge in [0.2, 0.25) is 0 Å². The van der Waals surface area contributed by atoms with Gasteiger partial charge in [-0.1, -0.05) is 155 Å². The first kappa shape index (κ1) is 36.0. The Labute approximate surface area is 338 Å². The molecule has 8 aromatic carbocycles. The van der Waals surface area contributed by atoms with Crippen molar-refractivity contribution in [1.29, 1.82) is 0 Å². The third kappa shape index (κ3) is 6.51. The zero-order valence-electron chi connectivity index (χ0n) is 33.3. The average molecular weight is 737 g/mol. The van der Waals surface area contributed by atoms with Crippen molar-refractivity contribution in [2.45, 2.75) is 46.0 Å². The number of benzene rings is 8. The van der Waals surface area contributed by atoms with E-state index in [0.717, 1.165) is 35.6 Å². The Morgan fingerprint density at radius 1 is 0.456 bits per heavy atom. The zero-order chi connectivity index (χ0) is 38.9. The number of allylic oxidation sites excluding steroid dienone is 1. The first-order chi connectivity index (χ1) is 28.0. The van der Waals surface area contributed by atoms with E-state index in [2.05, 4.69) is 218 Å². The van der Waals surface area contributed by atoms with Gasteiger partial charge in [0.15, 0.2) is 0 Å². The van der Waals surface area contributed by atoms with E-state index in [4.69, 9.17) is 0 Å². The van der Waals surface area contributed by atoms with Crippen molar-refractivity contribution in [3.63, 3.8) is 0 Å². The Morgan fingerprint density at radius 2 is 1.09 bits per heavy atom. The molecule has 0 saturated heterocycles. The second-order valence-corrected chi connectivity index (χ2v) is 15.3. The molecule has 0 unspecified atom stereocenters. The molecular formula is C55H48N2. The molecular weight excluding hydrogens is 689 g/mol. The minimum Gasteiger partial charge on any atom is -0.310 e. The molecule has 10 rings (SSSR count). The van der Waals surface area contributed by atoms with Gasteiger partial charge in [-0.15, -0.1) is 0 Å². The van der Waals surface area contributed by atoms with Crippen molar-refractivity contribution < 1.29 is 0 Å². The van der Waals surface area contributed by atoms with E-state index in [9.17, 15) is 0 Å². The van der Waals surface area contributed by atoms with E-state index in [-0.39, 0.29) is 5.41 Å². The van der Waals surface area contributed by atoms with E-state index in [1.54, 1.807) is 0 Å². The summed E-state index contributed by atoms with van der Waals surface area (Å²) in [6.45, 7) is 8.81. The van der Waals surface area contributed by atoms with E-state index in [1.807, 2.05) is 13.8 Å². The summed E-state index contributed by atoms with van der Waals surface area (Å²) in [5.41, 5.74) is 17.0. The maximum absolute atomic E-state index is 2.50. The van der Waals surface area contributed by atoms with Crippen LogP contribution in [0.4, 0.5) is 34.1 Å². The summed E-state index contributed by atoms with van der Waals surface area (Å²) < 4.78 is 0. The van der Waals surface area contributed by atoms with Gasteiger partial charge in [-0.25, -0.2) is 0 Å². The molecule has 0 saturated carbocycles. The standard InChI is InChI=1S/C53H42N2.C2H6/c1-53(2)49-34-42(37-16-6-3-7-17-37)28-31-48(49)52-50(53)35-47(54(43-22-8-4-9-23-43)45-29-26-38-18-12-14-20-40(38)32-45)36-51(52)55(44-24-10-5-11-25-44)46-30-27-39-19-13-15-21-41(39)33-46;1-2/h3-14,16-20,22-36H,15,21H2,1-2H3;1-2H3. The molecule has 0 spiro atoms. The molecule has 0 heterocycles. The minimum atomic E-state index is -0.269. The Morgan fingerprint density at radius 3 is 1.82 bits per heavy atom. The summed E-state index contributed by atoms with van der Waals surface area (Å²) in [4.78, 5) is 4.94. The number of hydrogen-bond acceptors (Lipinski definition) is 2. The molecule has 2 nitrogen and oxygen atoms in total. The predicted molar refractivity (Wildman–Crippen MR) is 245 cm³/mol. The lowest BCUT2D eigenvalue weighted by Gasteiger charge is -2.33. The van der Waals surface area contributed by atoms with Crippen LogP contribution in [0, 0.1) is 0 Å². The summed E-state index contributed by atoms with van der Waals surface area (Å²) in [6.07, 6.45) is 6.68. The fourth-order valence-corrected chi connectivity index (χ4v) is 8.83. The van der Waals surface area contributed by atoms with Crippen LogP contribution in [0.5, 0.6) is 0 Å². The van der Waals surface area contributed by atoms with Crippen LogP contribution in [0.15, 0.2) is 188 Å². The van der Waals surface area contributed by atoms with Gasteiger partial charge in [0, 0.05) is 39.4 Å². The normalized spacial score (nSPS) is 13.2. The van der Waals surface area contributed by atoms with Crippen LogP contribution in [-0.2, 0) is 11.8 Å². The SMILES string of the molecule is CC.CC1(C)c2cc(-c3ccccc3)ccc2-c2c(N(c3ccccc3)c3ccc4c(c3)CCC=C4)cc(N(c3ccccc3)c3ccc4ccccc4c3)cc21. The van der Waals surface area contributed by atoms with Gasteiger partial charge in [-0.2, -0.15) is 0 Å². The largest absolute Gasteiger partial charge is 0.310 e. The van der Waals surface area contributed by atoms with E-state index >= 15 is 0 Å². The van der Waals surface area contributed by atoms with E-state index in [0.29, 0.717) is 0 Å². The lowest BCUT2D eigenvalue weighted by molar-refractivity contribution is 0.660. The predicted octanol–water partition coefficient (Wildman–Crippen LogP) is 15.7. The van der Waals surface area contributed by atoms with Gasteiger partial charge in [0.1, 0.15) is 0 Å². The molecule has 0 N–H and O–H groups in total. The maximum atomic E-state index is 2.50. The number of para-hydroxylation sites is 2. The molecule has 2 heteroatoms. The van der Waals surface area contributed by atoms with Crippen molar-refractivity contribution in [3.05, 3.63) is 210 Å². The minimum absolute atomic E-state index is 0.269. The van der Waals surface area contributed by atoms with Crippen molar-refractivity contribution in [3.8, 4) is 22.3 Å². The second-order valence-electron chi connectivity index (χ2n) is 15.3. The average Bonchev–Trinajstić information content (AvgIpc) is 3.50. The van der Waals surface area contributed by atoms with Crippen molar-refractivity contribution >= 4 is 51.0 Å². The number of rotatable bonds is 7. The number of anilines is 6. The maximum Gasteiger partial charge on any atom is 0.0564 e. The van der Waals surface area contributed by atoms with Gasteiger partial charge < -0.3 is 9.80 Å². The highest BCUT2D eigenvalue weighted by Crippen LogP contribution is 2.57. The lowest BCUT2D eigenvalue weighted by atomic mass is 9.81. The van der Waals surface area contributed by atoms with Crippen LogP contribution in [0.25, 0.3) is 39.1 Å². The summed E-state index contributed by atoms with van der Waals surface area (Å²) >= 11 is 0. The topological polar surface area (TPSA) is 6.48 Å². The fraction of sp³-hybridized carbons (Fsp3) is 0.127. The van der Waals surface area contributed by atoms with Gasteiger partial charge in [-0.05, 0) is 129 Å². The molecule has 278 valence electrons.